The fraction of sp³-hybridized carbons (Fsp3) is 0.360. The molecule has 2 aromatic carbocycles. The van der Waals surface area contributed by atoms with E-state index >= 15 is 0 Å². The lowest BCUT2D eigenvalue weighted by molar-refractivity contribution is 0.0758. The number of benzene rings is 2. The monoisotopic (exact) mass is 403 g/mol. The maximum atomic E-state index is 13.1. The van der Waals surface area contributed by atoms with Gasteiger partial charge in [0.1, 0.15) is 17.0 Å². The van der Waals surface area contributed by atoms with Crippen molar-refractivity contribution in [2.75, 3.05) is 14.1 Å². The third-order valence-electron chi connectivity index (χ3n) is 6.45. The summed E-state index contributed by atoms with van der Waals surface area (Å²) in [5.74, 6) is 0.448. The highest BCUT2D eigenvalue weighted by Gasteiger charge is 2.39. The molecule has 156 valence electrons. The molecule has 5 nitrogen and oxygen atoms in total. The van der Waals surface area contributed by atoms with Crippen LogP contribution in [0.5, 0.6) is 0 Å². The van der Waals surface area contributed by atoms with E-state index in [-0.39, 0.29) is 17.5 Å². The van der Waals surface area contributed by atoms with Crippen molar-refractivity contribution in [3.8, 4) is 11.3 Å². The van der Waals surface area contributed by atoms with Crippen LogP contribution >= 0.6 is 0 Å². The maximum absolute atomic E-state index is 13.1. The molecule has 1 saturated carbocycles. The first-order valence-electron chi connectivity index (χ1n) is 10.6. The second-order valence-electron chi connectivity index (χ2n) is 8.37. The first-order chi connectivity index (χ1) is 14.5. The van der Waals surface area contributed by atoms with Crippen LogP contribution in [-0.2, 0) is 5.54 Å². The zero-order chi connectivity index (χ0) is 21.1. The zero-order valence-corrected chi connectivity index (χ0v) is 17.9. The molecular weight excluding hydrogens is 374 g/mol. The summed E-state index contributed by atoms with van der Waals surface area (Å²) in [6, 6.07) is 20.6. The summed E-state index contributed by atoms with van der Waals surface area (Å²) in [7, 11) is 4.30. The topological polar surface area (TPSA) is 58.4 Å². The molecule has 1 aromatic heterocycles. The number of rotatable bonds is 5. The van der Waals surface area contributed by atoms with Crippen molar-refractivity contribution in [2.45, 2.75) is 44.2 Å². The highest BCUT2D eigenvalue weighted by atomic mass is 16.5. The van der Waals surface area contributed by atoms with Gasteiger partial charge >= 0.3 is 0 Å². The minimum Gasteiger partial charge on any atom is -0.360 e. The van der Waals surface area contributed by atoms with Crippen molar-refractivity contribution in [1.82, 2.24) is 15.4 Å². The number of amides is 1. The van der Waals surface area contributed by atoms with Gasteiger partial charge in [0.2, 0.25) is 0 Å². The zero-order valence-electron chi connectivity index (χ0n) is 17.9. The summed E-state index contributed by atoms with van der Waals surface area (Å²) >= 11 is 0. The predicted molar refractivity (Wildman–Crippen MR) is 118 cm³/mol. The van der Waals surface area contributed by atoms with E-state index in [1.54, 1.807) is 6.92 Å². The lowest BCUT2D eigenvalue weighted by atomic mass is 9.74. The molecule has 3 aromatic rings. The first-order valence-corrected chi connectivity index (χ1v) is 10.6. The minimum absolute atomic E-state index is 0.0186. The molecule has 0 aliphatic heterocycles. The lowest BCUT2D eigenvalue weighted by Gasteiger charge is -2.45. The smallest absolute Gasteiger partial charge is 0.257 e. The summed E-state index contributed by atoms with van der Waals surface area (Å²) < 4.78 is 5.37. The summed E-state index contributed by atoms with van der Waals surface area (Å²) in [4.78, 5) is 15.5. The van der Waals surface area contributed by atoms with E-state index in [0.717, 1.165) is 31.2 Å². The van der Waals surface area contributed by atoms with Gasteiger partial charge in [0.25, 0.3) is 5.91 Å². The fourth-order valence-corrected chi connectivity index (χ4v) is 4.67. The average Bonchev–Trinajstić information content (AvgIpc) is 3.17. The number of hydrogen-bond acceptors (Lipinski definition) is 4. The highest BCUT2D eigenvalue weighted by molar-refractivity contribution is 6.00. The number of aryl methyl sites for hydroxylation is 1. The van der Waals surface area contributed by atoms with Gasteiger partial charge < -0.3 is 9.84 Å². The SMILES string of the molecule is Cc1onc(-c2ccccc2)c1C(=O)NC1CCC(c2ccccc2)(N(C)C)CC1. The molecular formula is C25H29N3O2. The van der Waals surface area contributed by atoms with Crippen LogP contribution in [0.4, 0.5) is 0 Å². The van der Waals surface area contributed by atoms with E-state index < -0.39 is 0 Å². The number of carbonyl (C=O) groups is 1. The minimum atomic E-state index is -0.102. The van der Waals surface area contributed by atoms with Crippen molar-refractivity contribution in [1.29, 1.82) is 0 Å². The van der Waals surface area contributed by atoms with Gasteiger partial charge in [0.15, 0.2) is 0 Å². The van der Waals surface area contributed by atoms with E-state index in [9.17, 15) is 4.79 Å². The molecule has 1 heterocycles. The van der Waals surface area contributed by atoms with Crippen LogP contribution in [0, 0.1) is 6.92 Å². The van der Waals surface area contributed by atoms with Crippen LogP contribution in [0.1, 0.15) is 47.4 Å². The van der Waals surface area contributed by atoms with Gasteiger partial charge in [0, 0.05) is 17.1 Å². The molecule has 1 amide bonds. The average molecular weight is 404 g/mol. The number of carbonyl (C=O) groups excluding carboxylic acids is 1. The number of hydrogen-bond donors (Lipinski definition) is 1. The summed E-state index contributed by atoms with van der Waals surface area (Å²) in [5.41, 5.74) is 3.40. The third kappa shape index (κ3) is 3.77. The van der Waals surface area contributed by atoms with E-state index in [4.69, 9.17) is 4.52 Å². The van der Waals surface area contributed by atoms with Crippen LogP contribution in [0.3, 0.4) is 0 Å². The summed E-state index contributed by atoms with van der Waals surface area (Å²) in [6.07, 6.45) is 3.87. The Morgan fingerprint density at radius 1 is 1.03 bits per heavy atom. The first kappa shape index (κ1) is 20.4. The summed E-state index contributed by atoms with van der Waals surface area (Å²) in [5, 5.41) is 7.39. The Morgan fingerprint density at radius 2 is 1.63 bits per heavy atom. The van der Waals surface area contributed by atoms with E-state index in [1.165, 1.54) is 5.56 Å². The molecule has 1 N–H and O–H groups in total. The van der Waals surface area contributed by atoms with Crippen molar-refractivity contribution < 1.29 is 9.32 Å². The van der Waals surface area contributed by atoms with E-state index in [2.05, 4.69) is 59.8 Å². The molecule has 4 rings (SSSR count). The van der Waals surface area contributed by atoms with Crippen LogP contribution in [0.25, 0.3) is 11.3 Å². The van der Waals surface area contributed by atoms with Gasteiger partial charge in [-0.15, -0.1) is 0 Å². The molecule has 1 aliphatic carbocycles. The van der Waals surface area contributed by atoms with Gasteiger partial charge in [-0.25, -0.2) is 0 Å². The quantitative estimate of drug-likeness (QED) is 0.666. The molecule has 0 radical (unpaired) electrons. The molecule has 0 atom stereocenters. The molecule has 0 saturated heterocycles. The third-order valence-corrected chi connectivity index (χ3v) is 6.45. The molecule has 0 unspecified atom stereocenters. The Kier molecular flexibility index (Phi) is 5.73. The van der Waals surface area contributed by atoms with Crippen molar-refractivity contribution in [2.24, 2.45) is 0 Å². The summed E-state index contributed by atoms with van der Waals surface area (Å²) in [6.45, 7) is 1.79. The van der Waals surface area contributed by atoms with Crippen molar-refractivity contribution >= 4 is 5.91 Å². The number of nitrogens with one attached hydrogen (secondary N) is 1. The molecule has 5 heteroatoms. The van der Waals surface area contributed by atoms with Gasteiger partial charge in [-0.3, -0.25) is 9.69 Å². The highest BCUT2D eigenvalue weighted by Crippen LogP contribution is 2.41. The van der Waals surface area contributed by atoms with Gasteiger partial charge in [0.05, 0.1) is 0 Å². The second-order valence-corrected chi connectivity index (χ2v) is 8.37. The molecule has 1 aliphatic rings. The van der Waals surface area contributed by atoms with Gasteiger partial charge in [-0.2, -0.15) is 0 Å². The standard InChI is InChI=1S/C25H29N3O2/c1-18-22(23(27-30-18)19-10-6-4-7-11-19)24(29)26-21-14-16-25(17-15-21,28(2)3)20-12-8-5-9-13-20/h4-13,21H,14-17H2,1-3H3,(H,26,29). The molecule has 0 spiro atoms. The fourth-order valence-electron chi connectivity index (χ4n) is 4.67. The van der Waals surface area contributed by atoms with Crippen LogP contribution in [-0.4, -0.2) is 36.1 Å². The Hall–Kier alpha value is -2.92. The van der Waals surface area contributed by atoms with Gasteiger partial charge in [-0.05, 0) is 52.3 Å². The van der Waals surface area contributed by atoms with E-state index in [0.29, 0.717) is 17.0 Å². The van der Waals surface area contributed by atoms with Crippen LogP contribution in [0.2, 0.25) is 0 Å². The Labute approximate surface area is 178 Å². The number of aromatic nitrogens is 1. The normalized spacial score (nSPS) is 21.5. The number of nitrogens with zero attached hydrogens (tertiary/aromatic N) is 2. The maximum Gasteiger partial charge on any atom is 0.257 e. The van der Waals surface area contributed by atoms with Crippen LogP contribution < -0.4 is 5.32 Å². The lowest BCUT2D eigenvalue weighted by Crippen LogP contribution is -2.48. The Morgan fingerprint density at radius 3 is 2.23 bits per heavy atom. The Balaban J connectivity index is 1.49. The molecule has 1 fully saturated rings. The van der Waals surface area contributed by atoms with Crippen molar-refractivity contribution in [3.63, 3.8) is 0 Å². The van der Waals surface area contributed by atoms with Crippen molar-refractivity contribution in [3.05, 3.63) is 77.6 Å². The largest absolute Gasteiger partial charge is 0.360 e. The molecule has 0 bridgehead atoms. The van der Waals surface area contributed by atoms with Gasteiger partial charge in [-0.1, -0.05) is 65.8 Å². The second kappa shape index (κ2) is 8.44. The Bertz CT molecular complexity index is 988. The van der Waals surface area contributed by atoms with E-state index in [1.807, 2.05) is 30.3 Å². The molecule has 30 heavy (non-hydrogen) atoms. The predicted octanol–water partition coefficient (Wildman–Crippen LogP) is 4.78. The van der Waals surface area contributed by atoms with Crippen LogP contribution in [0.15, 0.2) is 65.2 Å².